The summed E-state index contributed by atoms with van der Waals surface area (Å²) in [7, 11) is 0. The highest BCUT2D eigenvalue weighted by molar-refractivity contribution is 5.32. The highest BCUT2D eigenvalue weighted by atomic mass is 16.6. The molecule has 0 N–H and O–H groups in total. The van der Waals surface area contributed by atoms with Crippen molar-refractivity contribution in [3.63, 3.8) is 0 Å². The Morgan fingerprint density at radius 1 is 1.09 bits per heavy atom. The molecule has 2 aliphatic rings. The van der Waals surface area contributed by atoms with E-state index in [-0.39, 0.29) is 11.7 Å². The Balaban J connectivity index is 1.40. The average molecular weight is 299 g/mol. The van der Waals surface area contributed by atoms with E-state index in [2.05, 4.69) is 24.8 Å². The monoisotopic (exact) mass is 299 g/mol. The van der Waals surface area contributed by atoms with Gasteiger partial charge in [0.05, 0.1) is 18.8 Å². The Bertz CT molecular complexity index is 626. The van der Waals surface area contributed by atoms with Gasteiger partial charge in [-0.2, -0.15) is 0 Å². The van der Waals surface area contributed by atoms with Gasteiger partial charge in [0.15, 0.2) is 0 Å². The van der Waals surface area contributed by atoms with Gasteiger partial charge in [0.2, 0.25) is 5.95 Å². The molecule has 2 aromatic rings. The van der Waals surface area contributed by atoms with Gasteiger partial charge < -0.3 is 14.4 Å². The minimum Gasteiger partial charge on any atom is -0.458 e. The average Bonchev–Trinajstić information content (AvgIpc) is 3.17. The van der Waals surface area contributed by atoms with E-state index in [9.17, 15) is 0 Å². The molecule has 0 amide bonds. The van der Waals surface area contributed by atoms with E-state index < -0.39 is 0 Å². The zero-order valence-corrected chi connectivity index (χ0v) is 12.1. The van der Waals surface area contributed by atoms with Crippen LogP contribution >= 0.6 is 0 Å². The van der Waals surface area contributed by atoms with Crippen molar-refractivity contribution in [3.8, 4) is 6.01 Å². The molecule has 1 spiro atoms. The van der Waals surface area contributed by atoms with E-state index in [0.29, 0.717) is 12.6 Å². The second-order valence-corrected chi connectivity index (χ2v) is 5.69. The van der Waals surface area contributed by atoms with Crippen molar-refractivity contribution in [2.45, 2.75) is 24.5 Å². The molecular formula is C15H17N5O2. The van der Waals surface area contributed by atoms with Crippen molar-refractivity contribution >= 4 is 5.95 Å². The van der Waals surface area contributed by atoms with E-state index in [4.69, 9.17) is 9.47 Å². The van der Waals surface area contributed by atoms with Crippen molar-refractivity contribution in [2.24, 2.45) is 0 Å². The Kier molecular flexibility index (Phi) is 3.34. The molecule has 0 aliphatic carbocycles. The molecule has 4 heterocycles. The summed E-state index contributed by atoms with van der Waals surface area (Å²) < 4.78 is 11.9. The highest BCUT2D eigenvalue weighted by Gasteiger charge is 2.47. The van der Waals surface area contributed by atoms with Crippen LogP contribution in [0.5, 0.6) is 6.01 Å². The van der Waals surface area contributed by atoms with Crippen LogP contribution in [0.4, 0.5) is 5.95 Å². The van der Waals surface area contributed by atoms with Crippen molar-refractivity contribution in [3.05, 3.63) is 36.9 Å². The summed E-state index contributed by atoms with van der Waals surface area (Å²) >= 11 is 0. The van der Waals surface area contributed by atoms with Gasteiger partial charge in [-0.3, -0.25) is 0 Å². The minimum atomic E-state index is -0.168. The normalized spacial score (nSPS) is 27.5. The van der Waals surface area contributed by atoms with E-state index in [0.717, 1.165) is 31.9 Å². The zero-order chi connectivity index (χ0) is 14.8. The zero-order valence-electron chi connectivity index (χ0n) is 12.1. The van der Waals surface area contributed by atoms with E-state index in [1.807, 2.05) is 6.07 Å². The Morgan fingerprint density at radius 2 is 1.82 bits per heavy atom. The minimum absolute atomic E-state index is 0.000887. The van der Waals surface area contributed by atoms with Crippen molar-refractivity contribution in [2.75, 3.05) is 24.6 Å². The summed E-state index contributed by atoms with van der Waals surface area (Å²) in [6.45, 7) is 2.27. The van der Waals surface area contributed by atoms with Crippen LogP contribution < -0.4 is 9.64 Å². The molecule has 7 heteroatoms. The van der Waals surface area contributed by atoms with Gasteiger partial charge >= 0.3 is 6.01 Å². The fourth-order valence-electron chi connectivity index (χ4n) is 3.13. The quantitative estimate of drug-likeness (QED) is 0.839. The summed E-state index contributed by atoms with van der Waals surface area (Å²) in [4.78, 5) is 19.0. The Labute approximate surface area is 128 Å². The number of anilines is 1. The molecule has 0 bridgehead atoms. The molecule has 0 saturated carbocycles. The first kappa shape index (κ1) is 13.4. The molecular weight excluding hydrogens is 282 g/mol. The smallest absolute Gasteiger partial charge is 0.316 e. The lowest BCUT2D eigenvalue weighted by atomic mass is 9.98. The van der Waals surface area contributed by atoms with Gasteiger partial charge in [-0.25, -0.2) is 19.9 Å². The van der Waals surface area contributed by atoms with Gasteiger partial charge in [0, 0.05) is 37.8 Å². The highest BCUT2D eigenvalue weighted by Crippen LogP contribution is 2.37. The summed E-state index contributed by atoms with van der Waals surface area (Å²) in [5.41, 5.74) is -0.168. The third-order valence-electron chi connectivity index (χ3n) is 4.14. The number of nitrogens with zero attached hydrogens (tertiary/aromatic N) is 5. The lowest BCUT2D eigenvalue weighted by molar-refractivity contribution is 0.0192. The van der Waals surface area contributed by atoms with Gasteiger partial charge in [0.25, 0.3) is 0 Å². The third kappa shape index (κ3) is 2.59. The van der Waals surface area contributed by atoms with Gasteiger partial charge in [-0.05, 0) is 18.6 Å². The first-order valence-electron chi connectivity index (χ1n) is 7.43. The van der Waals surface area contributed by atoms with Crippen LogP contribution in [0.2, 0.25) is 0 Å². The van der Waals surface area contributed by atoms with Crippen LogP contribution in [0.3, 0.4) is 0 Å². The summed E-state index contributed by atoms with van der Waals surface area (Å²) in [5, 5.41) is 0. The molecule has 2 saturated heterocycles. The fraction of sp³-hybridized carbons (Fsp3) is 0.467. The molecule has 2 fully saturated rings. The van der Waals surface area contributed by atoms with Crippen LogP contribution in [0.15, 0.2) is 36.9 Å². The lowest BCUT2D eigenvalue weighted by Gasteiger charge is -2.23. The number of hydrogen-bond acceptors (Lipinski definition) is 7. The Hall–Kier alpha value is -2.28. The Morgan fingerprint density at radius 3 is 2.59 bits per heavy atom. The second-order valence-electron chi connectivity index (χ2n) is 5.69. The number of rotatable bonds is 3. The molecule has 22 heavy (non-hydrogen) atoms. The third-order valence-corrected chi connectivity index (χ3v) is 4.14. The second kappa shape index (κ2) is 5.49. The van der Waals surface area contributed by atoms with Crippen molar-refractivity contribution < 1.29 is 9.47 Å². The number of hydrogen-bond donors (Lipinski definition) is 0. The van der Waals surface area contributed by atoms with Crippen LogP contribution in [0, 0.1) is 0 Å². The van der Waals surface area contributed by atoms with E-state index >= 15 is 0 Å². The fourth-order valence-corrected chi connectivity index (χ4v) is 3.13. The maximum absolute atomic E-state index is 6.06. The van der Waals surface area contributed by atoms with Crippen LogP contribution in [0.25, 0.3) is 0 Å². The van der Waals surface area contributed by atoms with E-state index in [1.54, 1.807) is 30.9 Å². The maximum Gasteiger partial charge on any atom is 0.316 e. The summed E-state index contributed by atoms with van der Waals surface area (Å²) in [6.07, 6.45) is 8.69. The van der Waals surface area contributed by atoms with Crippen molar-refractivity contribution in [1.29, 1.82) is 0 Å². The molecule has 2 unspecified atom stereocenters. The molecule has 7 nitrogen and oxygen atoms in total. The molecule has 0 aromatic carbocycles. The molecule has 114 valence electrons. The van der Waals surface area contributed by atoms with Crippen LogP contribution in [0.1, 0.15) is 12.8 Å². The molecule has 2 aromatic heterocycles. The summed E-state index contributed by atoms with van der Waals surface area (Å²) in [5.74, 6) is 0.763. The largest absolute Gasteiger partial charge is 0.458 e. The van der Waals surface area contributed by atoms with E-state index in [1.165, 1.54) is 0 Å². The first-order valence-corrected chi connectivity index (χ1v) is 7.43. The SMILES string of the molecule is c1cnc(OC2COC3(CCN(c4ncccn4)C3)C2)nc1. The standard InChI is InChI=1S/C15H17N5O2/c1-4-16-13(17-5-1)20-8-3-15(11-20)9-12(10-21-15)22-14-18-6-2-7-19-14/h1-2,4-7,12H,3,8-11H2. The van der Waals surface area contributed by atoms with Crippen LogP contribution in [-0.2, 0) is 4.74 Å². The van der Waals surface area contributed by atoms with Gasteiger partial charge in [-0.1, -0.05) is 0 Å². The molecule has 0 radical (unpaired) electrons. The first-order chi connectivity index (χ1) is 10.8. The van der Waals surface area contributed by atoms with Gasteiger partial charge in [-0.15, -0.1) is 0 Å². The molecule has 4 rings (SSSR count). The molecule has 2 atom stereocenters. The summed E-state index contributed by atoms with van der Waals surface area (Å²) in [6, 6.07) is 4.01. The van der Waals surface area contributed by atoms with Crippen molar-refractivity contribution in [1.82, 2.24) is 19.9 Å². The molecule has 2 aliphatic heterocycles. The van der Waals surface area contributed by atoms with Crippen LogP contribution in [-0.4, -0.2) is 51.3 Å². The number of aromatic nitrogens is 4. The maximum atomic E-state index is 6.06. The predicted molar refractivity (Wildman–Crippen MR) is 78.6 cm³/mol. The number of ether oxygens (including phenoxy) is 2. The predicted octanol–water partition coefficient (Wildman–Crippen LogP) is 1.08. The topological polar surface area (TPSA) is 73.3 Å². The van der Waals surface area contributed by atoms with Gasteiger partial charge in [0.1, 0.15) is 6.10 Å². The lowest BCUT2D eigenvalue weighted by Crippen LogP contribution is -2.34.